The molecule has 0 atom stereocenters. The Morgan fingerprint density at radius 1 is 0.808 bits per heavy atom. The summed E-state index contributed by atoms with van der Waals surface area (Å²) >= 11 is 5.54. The lowest BCUT2D eigenvalue weighted by Gasteiger charge is -2.32. The Hall–Kier alpha value is -0.820. The Morgan fingerprint density at radius 3 is 1.73 bits per heavy atom. The summed E-state index contributed by atoms with van der Waals surface area (Å²) < 4.78 is 0. The Balaban J connectivity index is 1.37. The molecule has 0 amide bonds. The minimum absolute atomic E-state index is 0.357. The van der Waals surface area contributed by atoms with Crippen molar-refractivity contribution in [2.24, 2.45) is 17.8 Å². The first kappa shape index (κ1) is 19.9. The molecule has 0 unspecified atom stereocenters. The fourth-order valence-electron chi connectivity index (χ4n) is 5.36. The van der Waals surface area contributed by atoms with E-state index in [1.165, 1.54) is 82.6 Å². The molecule has 2 heteroatoms. The molecule has 0 aliphatic heterocycles. The van der Waals surface area contributed by atoms with Crippen LogP contribution in [0.25, 0.3) is 0 Å². The van der Waals surface area contributed by atoms with Crippen LogP contribution in [0, 0.1) is 17.8 Å². The van der Waals surface area contributed by atoms with Crippen molar-refractivity contribution in [3.05, 3.63) is 35.4 Å². The smallest absolute Gasteiger partial charge is 0.252 e. The second kappa shape index (κ2) is 9.93. The SMILES string of the molecule is CCCC1CCC(CCC2CCC(c3ccc(C(=O)Cl)cc3)CC2)CC1. The summed E-state index contributed by atoms with van der Waals surface area (Å²) in [5.74, 6) is 3.67. The van der Waals surface area contributed by atoms with Gasteiger partial charge in [0.2, 0.25) is 0 Å². The summed E-state index contributed by atoms with van der Waals surface area (Å²) in [6.45, 7) is 2.33. The van der Waals surface area contributed by atoms with Crippen LogP contribution in [0.1, 0.15) is 106 Å². The molecule has 0 bridgehead atoms. The van der Waals surface area contributed by atoms with Gasteiger partial charge in [-0.25, -0.2) is 0 Å². The Kier molecular flexibility index (Phi) is 7.61. The molecular formula is C24H35ClO. The normalized spacial score (nSPS) is 29.5. The lowest BCUT2D eigenvalue weighted by atomic mass is 9.74. The molecule has 2 saturated carbocycles. The van der Waals surface area contributed by atoms with Crippen molar-refractivity contribution in [3.63, 3.8) is 0 Å². The quantitative estimate of drug-likeness (QED) is 0.446. The molecule has 1 nitrogen and oxygen atoms in total. The zero-order valence-electron chi connectivity index (χ0n) is 16.4. The monoisotopic (exact) mass is 374 g/mol. The van der Waals surface area contributed by atoms with Crippen LogP contribution in [-0.2, 0) is 0 Å². The Labute approximate surface area is 164 Å². The van der Waals surface area contributed by atoms with Gasteiger partial charge in [0.25, 0.3) is 5.24 Å². The highest BCUT2D eigenvalue weighted by molar-refractivity contribution is 6.67. The zero-order valence-corrected chi connectivity index (χ0v) is 17.1. The van der Waals surface area contributed by atoms with Gasteiger partial charge in [0.1, 0.15) is 0 Å². The van der Waals surface area contributed by atoms with Crippen LogP contribution in [-0.4, -0.2) is 5.24 Å². The van der Waals surface area contributed by atoms with Gasteiger partial charge in [-0.2, -0.15) is 0 Å². The number of hydrogen-bond donors (Lipinski definition) is 0. The predicted octanol–water partition coefficient (Wildman–Crippen LogP) is 7.73. The molecule has 2 aliphatic rings. The first-order valence-corrected chi connectivity index (χ1v) is 11.3. The minimum Gasteiger partial charge on any atom is -0.276 e. The van der Waals surface area contributed by atoms with Crippen molar-refractivity contribution in [1.82, 2.24) is 0 Å². The molecule has 2 fully saturated rings. The molecule has 0 aromatic heterocycles. The lowest BCUT2D eigenvalue weighted by molar-refractivity contribution is 0.108. The Bertz CT molecular complexity index is 548. The van der Waals surface area contributed by atoms with Gasteiger partial charge in [-0.3, -0.25) is 4.79 Å². The third-order valence-electron chi connectivity index (χ3n) is 7.10. The van der Waals surface area contributed by atoms with E-state index in [0.717, 1.165) is 17.8 Å². The standard InChI is InChI=1S/C24H35ClO/c1-2-3-18-4-6-19(7-5-18)8-9-20-10-12-21(13-11-20)22-14-16-23(17-15-22)24(25)26/h14-21H,2-13H2,1H3. The number of carbonyl (C=O) groups is 1. The van der Waals surface area contributed by atoms with Crippen molar-refractivity contribution in [1.29, 1.82) is 0 Å². The summed E-state index contributed by atoms with van der Waals surface area (Å²) in [7, 11) is 0. The van der Waals surface area contributed by atoms with Gasteiger partial charge in [-0.15, -0.1) is 0 Å². The molecule has 2 aliphatic carbocycles. The summed E-state index contributed by atoms with van der Waals surface area (Å²) in [4.78, 5) is 11.2. The maximum Gasteiger partial charge on any atom is 0.252 e. The van der Waals surface area contributed by atoms with Crippen LogP contribution < -0.4 is 0 Å². The molecular weight excluding hydrogens is 340 g/mol. The summed E-state index contributed by atoms with van der Waals surface area (Å²) in [5.41, 5.74) is 2.00. The molecule has 1 aromatic carbocycles. The highest BCUT2D eigenvalue weighted by Gasteiger charge is 2.25. The van der Waals surface area contributed by atoms with Crippen LogP contribution in [0.3, 0.4) is 0 Å². The van der Waals surface area contributed by atoms with E-state index in [-0.39, 0.29) is 5.24 Å². The number of rotatable bonds is 7. The van der Waals surface area contributed by atoms with Gasteiger partial charge in [0, 0.05) is 5.56 Å². The molecule has 3 rings (SSSR count). The molecule has 26 heavy (non-hydrogen) atoms. The average Bonchev–Trinajstić information content (AvgIpc) is 2.68. The van der Waals surface area contributed by atoms with Crippen molar-refractivity contribution in [2.75, 3.05) is 0 Å². The van der Waals surface area contributed by atoms with Gasteiger partial charge in [0.05, 0.1) is 0 Å². The number of hydrogen-bond acceptors (Lipinski definition) is 1. The van der Waals surface area contributed by atoms with Crippen LogP contribution in [0.15, 0.2) is 24.3 Å². The van der Waals surface area contributed by atoms with Crippen LogP contribution in [0.4, 0.5) is 0 Å². The van der Waals surface area contributed by atoms with Crippen molar-refractivity contribution in [2.45, 2.75) is 89.9 Å². The van der Waals surface area contributed by atoms with Crippen molar-refractivity contribution >= 4 is 16.8 Å². The minimum atomic E-state index is -0.357. The van der Waals surface area contributed by atoms with Gasteiger partial charge >= 0.3 is 0 Å². The molecule has 0 saturated heterocycles. The second-order valence-corrected chi connectivity index (χ2v) is 9.21. The first-order chi connectivity index (χ1) is 12.7. The fourth-order valence-corrected chi connectivity index (χ4v) is 5.49. The molecule has 0 spiro atoms. The third kappa shape index (κ3) is 5.59. The highest BCUT2D eigenvalue weighted by Crippen LogP contribution is 2.40. The largest absolute Gasteiger partial charge is 0.276 e. The van der Waals surface area contributed by atoms with E-state index in [9.17, 15) is 4.79 Å². The maximum absolute atomic E-state index is 11.2. The van der Waals surface area contributed by atoms with E-state index in [1.54, 1.807) is 0 Å². The summed E-state index contributed by atoms with van der Waals surface area (Å²) in [6.07, 6.45) is 17.1. The summed E-state index contributed by atoms with van der Waals surface area (Å²) in [6, 6.07) is 7.97. The average molecular weight is 375 g/mol. The maximum atomic E-state index is 11.2. The second-order valence-electron chi connectivity index (χ2n) is 8.87. The predicted molar refractivity (Wildman–Crippen MR) is 111 cm³/mol. The van der Waals surface area contributed by atoms with Gasteiger partial charge in [0.15, 0.2) is 0 Å². The lowest BCUT2D eigenvalue weighted by Crippen LogP contribution is -2.17. The number of halogens is 1. The molecule has 144 valence electrons. The van der Waals surface area contributed by atoms with E-state index >= 15 is 0 Å². The van der Waals surface area contributed by atoms with E-state index in [2.05, 4.69) is 19.1 Å². The third-order valence-corrected chi connectivity index (χ3v) is 7.32. The number of benzene rings is 1. The van der Waals surface area contributed by atoms with E-state index in [4.69, 9.17) is 11.6 Å². The zero-order chi connectivity index (χ0) is 18.4. The molecule has 0 radical (unpaired) electrons. The highest BCUT2D eigenvalue weighted by atomic mass is 35.5. The molecule has 0 heterocycles. The van der Waals surface area contributed by atoms with E-state index in [0.29, 0.717) is 11.5 Å². The topological polar surface area (TPSA) is 17.1 Å². The first-order valence-electron chi connectivity index (χ1n) is 11.0. The van der Waals surface area contributed by atoms with E-state index < -0.39 is 0 Å². The Morgan fingerprint density at radius 2 is 1.27 bits per heavy atom. The van der Waals surface area contributed by atoms with Crippen LogP contribution >= 0.6 is 11.6 Å². The summed E-state index contributed by atoms with van der Waals surface area (Å²) in [5, 5.41) is -0.357. The molecule has 0 N–H and O–H groups in total. The van der Waals surface area contributed by atoms with Crippen LogP contribution in [0.5, 0.6) is 0 Å². The van der Waals surface area contributed by atoms with Crippen molar-refractivity contribution < 1.29 is 4.79 Å². The van der Waals surface area contributed by atoms with E-state index in [1.807, 2.05) is 12.1 Å². The van der Waals surface area contributed by atoms with Gasteiger partial charge < -0.3 is 0 Å². The molecule has 1 aromatic rings. The van der Waals surface area contributed by atoms with Crippen molar-refractivity contribution in [3.8, 4) is 0 Å². The van der Waals surface area contributed by atoms with Crippen LogP contribution in [0.2, 0.25) is 0 Å². The number of carbonyl (C=O) groups excluding carboxylic acids is 1. The van der Waals surface area contributed by atoms with Gasteiger partial charge in [-0.1, -0.05) is 70.4 Å². The fraction of sp³-hybridized carbons (Fsp3) is 0.708. The van der Waals surface area contributed by atoms with Gasteiger partial charge in [-0.05, 0) is 78.7 Å².